The molecule has 0 aliphatic carbocycles. The fourth-order valence-corrected chi connectivity index (χ4v) is 4.59. The third-order valence-corrected chi connectivity index (χ3v) is 6.55. The van der Waals surface area contributed by atoms with Gasteiger partial charge in [-0.15, -0.1) is 0 Å². The smallest absolute Gasteiger partial charge is 0.261 e. The number of aliphatic hydroxyl groups is 1. The Balaban J connectivity index is 1.44. The van der Waals surface area contributed by atoms with Gasteiger partial charge in [-0.2, -0.15) is 0 Å². The molecule has 1 fully saturated rings. The Morgan fingerprint density at radius 2 is 2.03 bits per heavy atom. The van der Waals surface area contributed by atoms with Crippen LogP contribution in [0.3, 0.4) is 0 Å². The minimum atomic E-state index is -0.959. The molecule has 5 N–H and O–H groups in total. The van der Waals surface area contributed by atoms with E-state index in [1.165, 1.54) is 24.4 Å². The van der Waals surface area contributed by atoms with Crippen LogP contribution in [0.15, 0.2) is 47.4 Å². The number of pyridine rings is 1. The highest BCUT2D eigenvalue weighted by molar-refractivity contribution is 6.30. The largest absolute Gasteiger partial charge is 0.387 e. The van der Waals surface area contributed by atoms with Crippen LogP contribution in [0.2, 0.25) is 5.02 Å². The number of rotatable bonds is 6. The van der Waals surface area contributed by atoms with E-state index >= 15 is 0 Å². The molecule has 1 aliphatic rings. The number of imidazole rings is 1. The zero-order valence-corrected chi connectivity index (χ0v) is 19.9. The number of nitrogens with zero attached hydrogens (tertiary/aromatic N) is 2. The molecular formula is C25H26ClFN6O2. The van der Waals surface area contributed by atoms with Gasteiger partial charge in [0.2, 0.25) is 0 Å². The molecule has 4 aromatic rings. The summed E-state index contributed by atoms with van der Waals surface area (Å²) in [6.45, 7) is 5.84. The van der Waals surface area contributed by atoms with Crippen molar-refractivity contribution in [1.82, 2.24) is 20.3 Å². The van der Waals surface area contributed by atoms with Crippen molar-refractivity contribution in [3.63, 3.8) is 0 Å². The maximum atomic E-state index is 13.5. The molecule has 2 aromatic heterocycles. The van der Waals surface area contributed by atoms with Gasteiger partial charge in [0, 0.05) is 44.6 Å². The molecule has 5 rings (SSSR count). The highest BCUT2D eigenvalue weighted by Crippen LogP contribution is 2.30. The summed E-state index contributed by atoms with van der Waals surface area (Å²) in [6.07, 6.45) is 0.575. The second kappa shape index (κ2) is 9.69. The van der Waals surface area contributed by atoms with Gasteiger partial charge in [-0.25, -0.2) is 9.37 Å². The number of aryl methyl sites for hydroxylation is 1. The van der Waals surface area contributed by atoms with E-state index in [2.05, 4.69) is 37.6 Å². The maximum absolute atomic E-state index is 13.5. The number of nitrogens with one attached hydrogen (secondary N) is 4. The van der Waals surface area contributed by atoms with Crippen LogP contribution in [0, 0.1) is 12.7 Å². The van der Waals surface area contributed by atoms with Crippen LogP contribution < -0.4 is 21.1 Å². The van der Waals surface area contributed by atoms with E-state index in [1.54, 1.807) is 6.07 Å². The Bertz CT molecular complexity index is 1430. The first-order valence-corrected chi connectivity index (χ1v) is 11.8. The Kier molecular flexibility index (Phi) is 6.46. The quantitative estimate of drug-likeness (QED) is 0.279. The normalized spacial score (nSPS) is 14.9. The van der Waals surface area contributed by atoms with Crippen molar-refractivity contribution in [2.45, 2.75) is 13.0 Å². The average molecular weight is 497 g/mol. The lowest BCUT2D eigenvalue weighted by atomic mass is 10.1. The number of halogens is 2. The molecule has 8 nitrogen and oxygen atoms in total. The van der Waals surface area contributed by atoms with Gasteiger partial charge in [-0.1, -0.05) is 17.7 Å². The monoisotopic (exact) mass is 496 g/mol. The second-order valence-electron chi connectivity index (χ2n) is 8.65. The van der Waals surface area contributed by atoms with E-state index in [0.29, 0.717) is 22.6 Å². The number of piperazine rings is 1. The first-order valence-electron chi connectivity index (χ1n) is 11.5. The maximum Gasteiger partial charge on any atom is 0.261 e. The van der Waals surface area contributed by atoms with Crippen LogP contribution in [0.5, 0.6) is 0 Å². The standard InChI is InChI=1S/C25H26ClFN6O2/c1-14-10-16(33-8-6-28-7-9-33)12-20-23(14)32-24(31-20)22-19(4-5-29-25(22)35)30-13-21(34)15-2-3-18(27)17(26)11-15/h2-5,10-12,21,28,34H,6-9,13H2,1H3,(H,31,32)(H2,29,30,35)/t21-/m1/s1. The molecule has 3 heterocycles. The molecule has 0 bridgehead atoms. The summed E-state index contributed by atoms with van der Waals surface area (Å²) in [5, 5.41) is 17.0. The van der Waals surface area contributed by atoms with E-state index in [9.17, 15) is 14.3 Å². The predicted octanol–water partition coefficient (Wildman–Crippen LogP) is 3.57. The molecule has 0 saturated carbocycles. The van der Waals surface area contributed by atoms with Crippen molar-refractivity contribution in [2.75, 3.05) is 42.9 Å². The number of anilines is 2. The summed E-state index contributed by atoms with van der Waals surface area (Å²) in [5.74, 6) is -0.114. The molecule has 182 valence electrons. The summed E-state index contributed by atoms with van der Waals surface area (Å²) in [4.78, 5) is 25.9. The first-order chi connectivity index (χ1) is 16.9. The van der Waals surface area contributed by atoms with E-state index in [-0.39, 0.29) is 17.1 Å². The number of fused-ring (bicyclic) bond motifs is 1. The van der Waals surface area contributed by atoms with Crippen molar-refractivity contribution in [2.24, 2.45) is 0 Å². The lowest BCUT2D eigenvalue weighted by Gasteiger charge is -2.29. The van der Waals surface area contributed by atoms with Crippen molar-refractivity contribution >= 4 is 34.0 Å². The van der Waals surface area contributed by atoms with Gasteiger partial charge >= 0.3 is 0 Å². The minimum Gasteiger partial charge on any atom is -0.387 e. The van der Waals surface area contributed by atoms with Crippen molar-refractivity contribution in [3.05, 3.63) is 74.9 Å². The topological polar surface area (TPSA) is 109 Å². The van der Waals surface area contributed by atoms with Gasteiger partial charge in [0.15, 0.2) is 0 Å². The lowest BCUT2D eigenvalue weighted by Crippen LogP contribution is -2.43. The number of hydrogen-bond donors (Lipinski definition) is 5. The van der Waals surface area contributed by atoms with Crippen LogP contribution in [0.1, 0.15) is 17.2 Å². The van der Waals surface area contributed by atoms with Gasteiger partial charge in [0.25, 0.3) is 5.56 Å². The van der Waals surface area contributed by atoms with Crippen LogP contribution in [-0.4, -0.2) is 52.8 Å². The Morgan fingerprint density at radius 3 is 2.80 bits per heavy atom. The number of aromatic nitrogens is 3. The predicted molar refractivity (Wildman–Crippen MR) is 137 cm³/mol. The van der Waals surface area contributed by atoms with E-state index < -0.39 is 11.9 Å². The number of H-pyrrole nitrogens is 2. The number of aliphatic hydroxyl groups excluding tert-OH is 1. The summed E-state index contributed by atoms with van der Waals surface area (Å²) in [7, 11) is 0. The highest BCUT2D eigenvalue weighted by Gasteiger charge is 2.19. The summed E-state index contributed by atoms with van der Waals surface area (Å²) in [5.41, 5.74) is 4.80. The van der Waals surface area contributed by atoms with Crippen LogP contribution >= 0.6 is 11.6 Å². The molecule has 0 unspecified atom stereocenters. The van der Waals surface area contributed by atoms with Crippen molar-refractivity contribution in [1.29, 1.82) is 0 Å². The third-order valence-electron chi connectivity index (χ3n) is 6.26. The van der Waals surface area contributed by atoms with Gasteiger partial charge in [0.1, 0.15) is 17.2 Å². The molecule has 2 aromatic carbocycles. The van der Waals surface area contributed by atoms with Crippen LogP contribution in [-0.2, 0) is 0 Å². The molecule has 1 atom stereocenters. The van der Waals surface area contributed by atoms with Gasteiger partial charge < -0.3 is 30.6 Å². The van der Waals surface area contributed by atoms with Crippen LogP contribution in [0.25, 0.3) is 22.4 Å². The molecule has 0 spiro atoms. The second-order valence-corrected chi connectivity index (χ2v) is 9.05. The third kappa shape index (κ3) is 4.75. The fraction of sp³-hybridized carbons (Fsp3) is 0.280. The summed E-state index contributed by atoms with van der Waals surface area (Å²) in [6, 6.07) is 9.98. The van der Waals surface area contributed by atoms with E-state index in [1.807, 2.05) is 6.92 Å². The summed E-state index contributed by atoms with van der Waals surface area (Å²) < 4.78 is 13.5. The zero-order valence-electron chi connectivity index (χ0n) is 19.2. The molecule has 0 radical (unpaired) electrons. The first kappa shape index (κ1) is 23.3. The van der Waals surface area contributed by atoms with Gasteiger partial charge in [-0.05, 0) is 48.4 Å². The van der Waals surface area contributed by atoms with Crippen molar-refractivity contribution in [3.8, 4) is 11.4 Å². The minimum absolute atomic E-state index is 0.0591. The number of hydrogen-bond acceptors (Lipinski definition) is 6. The Hall–Kier alpha value is -3.40. The number of benzene rings is 2. The molecule has 0 amide bonds. The Labute approximate surface area is 206 Å². The average Bonchev–Trinajstić information content (AvgIpc) is 3.29. The molecule has 10 heteroatoms. The van der Waals surface area contributed by atoms with Gasteiger partial charge in [0.05, 0.1) is 27.8 Å². The zero-order chi connectivity index (χ0) is 24.5. The fourth-order valence-electron chi connectivity index (χ4n) is 4.40. The number of aromatic amines is 2. The SMILES string of the molecule is Cc1cc(N2CCNCC2)cc2[nH]c(-c3c(NC[C@@H](O)c4ccc(F)c(Cl)c4)cc[nH]c3=O)nc12. The molecule has 1 saturated heterocycles. The van der Waals surface area contributed by atoms with Crippen molar-refractivity contribution < 1.29 is 9.50 Å². The molecular weight excluding hydrogens is 471 g/mol. The van der Waals surface area contributed by atoms with E-state index in [4.69, 9.17) is 16.6 Å². The molecule has 35 heavy (non-hydrogen) atoms. The summed E-state index contributed by atoms with van der Waals surface area (Å²) >= 11 is 5.84. The van der Waals surface area contributed by atoms with Crippen LogP contribution in [0.4, 0.5) is 15.8 Å². The van der Waals surface area contributed by atoms with Gasteiger partial charge in [-0.3, -0.25) is 4.79 Å². The Morgan fingerprint density at radius 1 is 1.23 bits per heavy atom. The highest BCUT2D eigenvalue weighted by atomic mass is 35.5. The molecule has 1 aliphatic heterocycles. The lowest BCUT2D eigenvalue weighted by molar-refractivity contribution is 0.191. The van der Waals surface area contributed by atoms with E-state index in [0.717, 1.165) is 48.5 Å².